The number of nitrogens with one attached hydrogen (secondary N) is 1. The number of benzene rings is 3. The molecule has 3 aromatic carbocycles. The topological polar surface area (TPSA) is 59.8 Å². The summed E-state index contributed by atoms with van der Waals surface area (Å²) in [7, 11) is 0. The quantitative estimate of drug-likeness (QED) is 0.489. The van der Waals surface area contributed by atoms with Crippen LogP contribution >= 0.6 is 0 Å². The van der Waals surface area contributed by atoms with Crippen LogP contribution in [-0.2, 0) is 25.9 Å². The van der Waals surface area contributed by atoms with Gasteiger partial charge in [0.1, 0.15) is 12.7 Å². The molecule has 1 heterocycles. The number of rotatable bonds is 8. The molecule has 0 bridgehead atoms. The van der Waals surface area contributed by atoms with E-state index in [-0.39, 0.29) is 5.91 Å². The van der Waals surface area contributed by atoms with Crippen molar-refractivity contribution < 1.29 is 4.79 Å². The Morgan fingerprint density at radius 1 is 0.800 bits per heavy atom. The number of carbonyl (C=O) groups excluding carboxylic acids is 1. The lowest BCUT2D eigenvalue weighted by Gasteiger charge is -2.11. The van der Waals surface area contributed by atoms with E-state index in [2.05, 4.69) is 39.7 Å². The van der Waals surface area contributed by atoms with Crippen LogP contribution in [-0.4, -0.2) is 20.7 Å². The fourth-order valence-corrected chi connectivity index (χ4v) is 3.43. The molecule has 1 aromatic heterocycles. The molecule has 150 valence electrons. The molecule has 0 atom stereocenters. The Hall–Kier alpha value is -3.73. The summed E-state index contributed by atoms with van der Waals surface area (Å²) in [5.74, 6) is -0.0367. The minimum absolute atomic E-state index is 0.0367. The maximum Gasteiger partial charge on any atom is 0.251 e. The third kappa shape index (κ3) is 5.20. The Bertz CT molecular complexity index is 1070. The van der Waals surface area contributed by atoms with E-state index in [9.17, 15) is 4.79 Å². The average Bonchev–Trinajstić information content (AvgIpc) is 3.31. The summed E-state index contributed by atoms with van der Waals surface area (Å²) in [5, 5.41) is 7.17. The molecule has 5 heteroatoms. The van der Waals surface area contributed by atoms with Crippen molar-refractivity contribution in [3.63, 3.8) is 0 Å². The number of hydrogen-bond donors (Lipinski definition) is 1. The molecule has 4 rings (SSSR count). The third-order valence-electron chi connectivity index (χ3n) is 5.08. The minimum atomic E-state index is -0.0367. The fraction of sp³-hybridized carbons (Fsp3) is 0.160. The van der Waals surface area contributed by atoms with Crippen molar-refractivity contribution in [3.8, 4) is 0 Å². The second kappa shape index (κ2) is 9.65. The molecule has 4 aromatic rings. The van der Waals surface area contributed by atoms with Gasteiger partial charge < -0.3 is 5.32 Å². The van der Waals surface area contributed by atoms with Crippen molar-refractivity contribution in [1.82, 2.24) is 20.1 Å². The molecule has 1 N–H and O–H groups in total. The Labute approximate surface area is 176 Å². The van der Waals surface area contributed by atoms with Crippen LogP contribution in [0.1, 0.15) is 32.6 Å². The summed E-state index contributed by atoms with van der Waals surface area (Å²) in [6.07, 6.45) is 4.98. The summed E-state index contributed by atoms with van der Waals surface area (Å²) in [6.45, 7) is 1.18. The van der Waals surface area contributed by atoms with Crippen LogP contribution in [0.3, 0.4) is 0 Å². The van der Waals surface area contributed by atoms with Gasteiger partial charge in [-0.2, -0.15) is 5.10 Å². The molecule has 0 fully saturated rings. The summed E-state index contributed by atoms with van der Waals surface area (Å²) in [4.78, 5) is 16.8. The van der Waals surface area contributed by atoms with Crippen molar-refractivity contribution >= 4 is 5.91 Å². The lowest BCUT2D eigenvalue weighted by molar-refractivity contribution is 0.0950. The lowest BCUT2D eigenvalue weighted by Crippen LogP contribution is -2.24. The molecule has 0 aliphatic heterocycles. The van der Waals surface area contributed by atoms with E-state index in [1.54, 1.807) is 11.0 Å². The lowest BCUT2D eigenvalue weighted by atomic mass is 9.99. The smallest absolute Gasteiger partial charge is 0.251 e. The maximum atomic E-state index is 12.8. The molecule has 0 spiro atoms. The van der Waals surface area contributed by atoms with Gasteiger partial charge in [-0.25, -0.2) is 9.67 Å². The number of aromatic nitrogens is 3. The highest BCUT2D eigenvalue weighted by Gasteiger charge is 2.11. The minimum Gasteiger partial charge on any atom is -0.348 e. The standard InChI is InChI=1S/C25H24N4O/c30-25(24-9-5-4-8-23(24)15-14-20-6-2-1-3-7-20)27-16-21-10-12-22(13-11-21)17-29-19-26-18-28-29/h1-13,18-19H,14-17H2,(H,27,30). The first-order valence-electron chi connectivity index (χ1n) is 10.1. The number of hydrogen-bond acceptors (Lipinski definition) is 3. The third-order valence-corrected chi connectivity index (χ3v) is 5.08. The van der Waals surface area contributed by atoms with Gasteiger partial charge in [0.25, 0.3) is 5.91 Å². The van der Waals surface area contributed by atoms with Crippen LogP contribution in [0.15, 0.2) is 91.5 Å². The average molecular weight is 396 g/mol. The largest absolute Gasteiger partial charge is 0.348 e. The van der Waals surface area contributed by atoms with E-state index >= 15 is 0 Å². The summed E-state index contributed by atoms with van der Waals surface area (Å²) < 4.78 is 1.78. The van der Waals surface area contributed by atoms with E-state index in [1.165, 1.54) is 11.9 Å². The fourth-order valence-electron chi connectivity index (χ4n) is 3.43. The molecule has 0 unspecified atom stereocenters. The zero-order valence-corrected chi connectivity index (χ0v) is 16.7. The van der Waals surface area contributed by atoms with E-state index < -0.39 is 0 Å². The van der Waals surface area contributed by atoms with E-state index in [0.717, 1.165) is 35.1 Å². The molecule has 5 nitrogen and oxygen atoms in total. The van der Waals surface area contributed by atoms with E-state index in [4.69, 9.17) is 0 Å². The van der Waals surface area contributed by atoms with Crippen molar-refractivity contribution in [2.45, 2.75) is 25.9 Å². The predicted molar refractivity (Wildman–Crippen MR) is 117 cm³/mol. The molecule has 1 amide bonds. The van der Waals surface area contributed by atoms with Crippen molar-refractivity contribution in [2.75, 3.05) is 0 Å². The number of nitrogens with zero attached hydrogens (tertiary/aromatic N) is 3. The van der Waals surface area contributed by atoms with Gasteiger partial charge in [-0.1, -0.05) is 72.8 Å². The monoisotopic (exact) mass is 396 g/mol. The summed E-state index contributed by atoms with van der Waals surface area (Å²) >= 11 is 0. The summed E-state index contributed by atoms with van der Waals surface area (Å²) in [6, 6.07) is 26.4. The van der Waals surface area contributed by atoms with Gasteiger partial charge in [-0.05, 0) is 41.2 Å². The Morgan fingerprint density at radius 3 is 2.30 bits per heavy atom. The Balaban J connectivity index is 1.35. The van der Waals surface area contributed by atoms with Gasteiger partial charge >= 0.3 is 0 Å². The molecule has 0 saturated heterocycles. The Morgan fingerprint density at radius 2 is 1.53 bits per heavy atom. The van der Waals surface area contributed by atoms with Crippen molar-refractivity contribution in [1.29, 1.82) is 0 Å². The highest BCUT2D eigenvalue weighted by atomic mass is 16.1. The molecule has 0 aliphatic carbocycles. The maximum absolute atomic E-state index is 12.8. The highest BCUT2D eigenvalue weighted by Crippen LogP contribution is 2.13. The first-order chi connectivity index (χ1) is 14.8. The second-order valence-corrected chi connectivity index (χ2v) is 7.23. The zero-order chi connectivity index (χ0) is 20.6. The highest BCUT2D eigenvalue weighted by molar-refractivity contribution is 5.95. The van der Waals surface area contributed by atoms with Gasteiger partial charge in [-0.15, -0.1) is 0 Å². The SMILES string of the molecule is O=C(NCc1ccc(Cn2cncn2)cc1)c1ccccc1CCc1ccccc1. The van der Waals surface area contributed by atoms with Gasteiger partial charge in [0.05, 0.1) is 6.54 Å². The van der Waals surface area contributed by atoms with E-state index in [0.29, 0.717) is 13.1 Å². The molecular formula is C25H24N4O. The van der Waals surface area contributed by atoms with Crippen LogP contribution < -0.4 is 5.32 Å². The van der Waals surface area contributed by atoms with Crippen LogP contribution in [0.5, 0.6) is 0 Å². The van der Waals surface area contributed by atoms with Crippen molar-refractivity contribution in [2.24, 2.45) is 0 Å². The van der Waals surface area contributed by atoms with Gasteiger partial charge in [-0.3, -0.25) is 4.79 Å². The molecular weight excluding hydrogens is 372 g/mol. The van der Waals surface area contributed by atoms with Gasteiger partial charge in [0, 0.05) is 12.1 Å². The van der Waals surface area contributed by atoms with Gasteiger partial charge in [0.15, 0.2) is 0 Å². The predicted octanol–water partition coefficient (Wildman–Crippen LogP) is 4.04. The van der Waals surface area contributed by atoms with Crippen LogP contribution in [0.2, 0.25) is 0 Å². The van der Waals surface area contributed by atoms with Crippen LogP contribution in [0.25, 0.3) is 0 Å². The van der Waals surface area contributed by atoms with E-state index in [1.807, 2.05) is 54.6 Å². The number of amides is 1. The first-order valence-corrected chi connectivity index (χ1v) is 10.1. The molecule has 30 heavy (non-hydrogen) atoms. The Kier molecular flexibility index (Phi) is 6.30. The first kappa shape index (κ1) is 19.6. The normalized spacial score (nSPS) is 10.7. The molecule has 0 radical (unpaired) electrons. The summed E-state index contributed by atoms with van der Waals surface area (Å²) in [5.41, 5.74) is 5.30. The van der Waals surface area contributed by atoms with Crippen LogP contribution in [0.4, 0.5) is 0 Å². The van der Waals surface area contributed by atoms with Crippen LogP contribution in [0, 0.1) is 0 Å². The molecule has 0 aliphatic rings. The number of carbonyl (C=O) groups is 1. The van der Waals surface area contributed by atoms with Crippen molar-refractivity contribution in [3.05, 3.63) is 119 Å². The van der Waals surface area contributed by atoms with Gasteiger partial charge in [0.2, 0.25) is 0 Å². The zero-order valence-electron chi connectivity index (χ0n) is 16.7. The number of aryl methyl sites for hydroxylation is 2. The molecule has 0 saturated carbocycles. The second-order valence-electron chi connectivity index (χ2n) is 7.23.